The van der Waals surface area contributed by atoms with Gasteiger partial charge in [0.1, 0.15) is 0 Å². The number of amides is 1. The molecule has 0 radical (unpaired) electrons. The molecule has 1 saturated carbocycles. The minimum Gasteiger partial charge on any atom is -0.342 e. The molecule has 4 heterocycles. The van der Waals surface area contributed by atoms with Crippen LogP contribution in [-0.4, -0.2) is 51.4 Å². The van der Waals surface area contributed by atoms with E-state index in [9.17, 15) is 4.79 Å². The van der Waals surface area contributed by atoms with Crippen LogP contribution in [0.3, 0.4) is 0 Å². The van der Waals surface area contributed by atoms with Gasteiger partial charge in [0, 0.05) is 51.9 Å². The molecule has 0 aromatic carbocycles. The molecule has 0 N–H and O–H groups in total. The largest absolute Gasteiger partial charge is 0.342 e. The highest BCUT2D eigenvalue weighted by molar-refractivity contribution is 7.07. The van der Waals surface area contributed by atoms with Crippen LogP contribution in [-0.2, 0) is 18.4 Å². The Morgan fingerprint density at radius 1 is 1.38 bits per heavy atom. The van der Waals surface area contributed by atoms with Gasteiger partial charge < -0.3 is 9.47 Å². The summed E-state index contributed by atoms with van der Waals surface area (Å²) in [7, 11) is 2.01. The molecule has 1 spiro atoms. The Hall–Kier alpha value is -1.66. The van der Waals surface area contributed by atoms with Crippen LogP contribution in [0.2, 0.25) is 0 Å². The minimum absolute atomic E-state index is 0.207. The van der Waals surface area contributed by atoms with E-state index in [2.05, 4.69) is 37.8 Å². The fourth-order valence-corrected chi connectivity index (χ4v) is 5.53. The number of thiophene rings is 1. The third kappa shape index (κ3) is 2.79. The second-order valence-corrected chi connectivity index (χ2v) is 9.20. The highest BCUT2D eigenvalue weighted by atomic mass is 32.1. The lowest BCUT2D eigenvalue weighted by Gasteiger charge is -2.28. The molecule has 0 bridgehead atoms. The number of hydrogen-bond acceptors (Lipinski definition) is 4. The van der Waals surface area contributed by atoms with Crippen LogP contribution in [0.4, 0.5) is 0 Å². The van der Waals surface area contributed by atoms with E-state index >= 15 is 0 Å². The van der Waals surface area contributed by atoms with Crippen LogP contribution < -0.4 is 0 Å². The highest BCUT2D eigenvalue weighted by Crippen LogP contribution is 2.50. The third-order valence-corrected chi connectivity index (χ3v) is 7.13. The van der Waals surface area contributed by atoms with E-state index in [-0.39, 0.29) is 11.3 Å². The Kier molecular flexibility index (Phi) is 3.94. The summed E-state index contributed by atoms with van der Waals surface area (Å²) in [6, 6.07) is 2.20. The number of aromatic nitrogens is 2. The van der Waals surface area contributed by atoms with Crippen molar-refractivity contribution in [2.45, 2.75) is 31.7 Å². The average molecular weight is 371 g/mol. The molecule has 2 aromatic heterocycles. The minimum atomic E-state index is -0.279. The number of aryl methyl sites for hydroxylation is 1. The fraction of sp³-hybridized carbons (Fsp3) is 0.600. The number of rotatable bonds is 5. The summed E-state index contributed by atoms with van der Waals surface area (Å²) in [6.07, 6.45) is 7.54. The fourth-order valence-electron chi connectivity index (χ4n) is 4.87. The molecule has 2 saturated heterocycles. The zero-order valence-electron chi connectivity index (χ0n) is 15.3. The van der Waals surface area contributed by atoms with Crippen LogP contribution in [0.1, 0.15) is 36.4 Å². The molecule has 2 aromatic rings. The van der Waals surface area contributed by atoms with Gasteiger partial charge in [-0.3, -0.25) is 9.69 Å². The number of nitrogens with zero attached hydrogens (tertiary/aromatic N) is 4. The summed E-state index contributed by atoms with van der Waals surface area (Å²) in [5, 5.41) is 4.35. The van der Waals surface area contributed by atoms with Crippen LogP contribution in [0.25, 0.3) is 0 Å². The van der Waals surface area contributed by atoms with Gasteiger partial charge in [0.05, 0.1) is 17.4 Å². The van der Waals surface area contributed by atoms with E-state index < -0.39 is 0 Å². The van der Waals surface area contributed by atoms with Crippen LogP contribution >= 0.6 is 11.3 Å². The molecule has 2 aliphatic heterocycles. The summed E-state index contributed by atoms with van der Waals surface area (Å²) in [5.74, 6) is 1.35. The van der Waals surface area contributed by atoms with Crippen molar-refractivity contribution in [3.8, 4) is 0 Å². The van der Waals surface area contributed by atoms with Crippen molar-refractivity contribution in [1.29, 1.82) is 0 Å². The molecule has 26 heavy (non-hydrogen) atoms. The van der Waals surface area contributed by atoms with Gasteiger partial charge in [0.2, 0.25) is 5.91 Å². The lowest BCUT2D eigenvalue weighted by Crippen LogP contribution is -2.40. The average Bonchev–Trinajstić information content (AvgIpc) is 2.98. The molecular formula is C20H26N4OS. The predicted octanol–water partition coefficient (Wildman–Crippen LogP) is 2.71. The highest BCUT2D eigenvalue weighted by Gasteiger charge is 2.57. The van der Waals surface area contributed by atoms with Gasteiger partial charge in [0.15, 0.2) is 0 Å². The second-order valence-electron chi connectivity index (χ2n) is 8.42. The summed E-state index contributed by atoms with van der Waals surface area (Å²) in [6.45, 7) is 4.62. The Bertz CT molecular complexity index is 797. The van der Waals surface area contributed by atoms with E-state index in [4.69, 9.17) is 0 Å². The third-order valence-electron chi connectivity index (χ3n) is 6.40. The molecule has 1 amide bonds. The number of carbonyl (C=O) groups is 1. The molecule has 2 atom stereocenters. The topological polar surface area (TPSA) is 41.4 Å². The molecule has 138 valence electrons. The summed E-state index contributed by atoms with van der Waals surface area (Å²) in [5.41, 5.74) is 2.16. The standard InChI is InChI=1S/C20H26N4OS/c1-22-11-18(21-14-22)17-10-23(8-16-4-7-26-12-16)13-20(17)5-6-24(19(20)25)9-15-2-3-15/h4,7,11-12,14-15,17H,2-3,5-6,8-10,13H2,1H3/t17-,20-/m1/s1. The number of hydrogen-bond donors (Lipinski definition) is 0. The summed E-state index contributed by atoms with van der Waals surface area (Å²) < 4.78 is 2.01. The van der Waals surface area contributed by atoms with Crippen molar-refractivity contribution >= 4 is 17.2 Å². The SMILES string of the molecule is Cn1cnc([C@H]2CN(Cc3ccsc3)C[C@]23CCN(CC2CC2)C3=O)c1. The normalized spacial score (nSPS) is 29.3. The van der Waals surface area contributed by atoms with E-state index in [1.807, 2.05) is 17.9 Å². The van der Waals surface area contributed by atoms with Crippen molar-refractivity contribution in [2.24, 2.45) is 18.4 Å². The quantitative estimate of drug-likeness (QED) is 0.813. The van der Waals surface area contributed by atoms with Crippen molar-refractivity contribution in [3.05, 3.63) is 40.6 Å². The van der Waals surface area contributed by atoms with E-state index in [1.165, 1.54) is 18.4 Å². The monoisotopic (exact) mass is 370 g/mol. The number of likely N-dealkylation sites (tertiary alicyclic amines) is 2. The summed E-state index contributed by atoms with van der Waals surface area (Å²) in [4.78, 5) is 22.8. The van der Waals surface area contributed by atoms with E-state index in [0.29, 0.717) is 5.91 Å². The maximum atomic E-state index is 13.5. The van der Waals surface area contributed by atoms with Gasteiger partial charge in [0.25, 0.3) is 0 Å². The first kappa shape index (κ1) is 16.5. The smallest absolute Gasteiger partial charge is 0.230 e. The van der Waals surface area contributed by atoms with Crippen LogP contribution in [0.15, 0.2) is 29.4 Å². The molecule has 5 nitrogen and oxygen atoms in total. The first-order chi connectivity index (χ1) is 12.6. The van der Waals surface area contributed by atoms with Gasteiger partial charge in [-0.15, -0.1) is 0 Å². The van der Waals surface area contributed by atoms with Crippen molar-refractivity contribution in [3.63, 3.8) is 0 Å². The Morgan fingerprint density at radius 3 is 2.96 bits per heavy atom. The van der Waals surface area contributed by atoms with Gasteiger partial charge >= 0.3 is 0 Å². The molecule has 3 fully saturated rings. The summed E-state index contributed by atoms with van der Waals surface area (Å²) >= 11 is 1.74. The molecule has 6 heteroatoms. The van der Waals surface area contributed by atoms with Gasteiger partial charge in [-0.1, -0.05) is 0 Å². The molecule has 0 unspecified atom stereocenters. The Morgan fingerprint density at radius 2 is 2.27 bits per heavy atom. The number of carbonyl (C=O) groups excluding carboxylic acids is 1. The van der Waals surface area contributed by atoms with Gasteiger partial charge in [-0.25, -0.2) is 4.98 Å². The lowest BCUT2D eigenvalue weighted by molar-refractivity contribution is -0.136. The van der Waals surface area contributed by atoms with Crippen molar-refractivity contribution in [2.75, 3.05) is 26.2 Å². The van der Waals surface area contributed by atoms with Crippen molar-refractivity contribution < 1.29 is 4.79 Å². The number of imidazole rings is 1. The molecule has 3 aliphatic rings. The zero-order chi connectivity index (χ0) is 17.7. The van der Waals surface area contributed by atoms with E-state index in [1.54, 1.807) is 11.3 Å². The van der Waals surface area contributed by atoms with Crippen molar-refractivity contribution in [1.82, 2.24) is 19.4 Å². The maximum absolute atomic E-state index is 13.5. The Labute approximate surface area is 158 Å². The zero-order valence-corrected chi connectivity index (χ0v) is 16.1. The second kappa shape index (κ2) is 6.20. The lowest BCUT2D eigenvalue weighted by atomic mass is 9.75. The van der Waals surface area contributed by atoms with Crippen LogP contribution in [0.5, 0.6) is 0 Å². The first-order valence-electron chi connectivity index (χ1n) is 9.65. The predicted molar refractivity (Wildman–Crippen MR) is 102 cm³/mol. The Balaban J connectivity index is 1.43. The van der Waals surface area contributed by atoms with Gasteiger partial charge in [-0.05, 0) is 47.6 Å². The molecule has 1 aliphatic carbocycles. The molecular weight excluding hydrogens is 344 g/mol. The van der Waals surface area contributed by atoms with E-state index in [0.717, 1.165) is 50.8 Å². The molecule has 5 rings (SSSR count). The maximum Gasteiger partial charge on any atom is 0.230 e. The first-order valence-corrected chi connectivity index (χ1v) is 10.6. The van der Waals surface area contributed by atoms with Crippen LogP contribution in [0, 0.1) is 11.3 Å². The van der Waals surface area contributed by atoms with Gasteiger partial charge in [-0.2, -0.15) is 11.3 Å².